The van der Waals surface area contributed by atoms with Crippen LogP contribution in [0.1, 0.15) is 23.1 Å². The highest BCUT2D eigenvalue weighted by molar-refractivity contribution is 5.77. The Kier molecular flexibility index (Phi) is 5.65. The Morgan fingerprint density at radius 1 is 0.966 bits per heavy atom. The van der Waals surface area contributed by atoms with E-state index in [1.54, 1.807) is 0 Å². The van der Waals surface area contributed by atoms with Crippen LogP contribution in [0.3, 0.4) is 0 Å². The van der Waals surface area contributed by atoms with Crippen molar-refractivity contribution >= 4 is 11.6 Å². The first-order valence-corrected chi connectivity index (χ1v) is 10.3. The molecule has 0 radical (unpaired) electrons. The second kappa shape index (κ2) is 8.52. The molecule has 5 nitrogen and oxygen atoms in total. The van der Waals surface area contributed by atoms with Crippen molar-refractivity contribution in [1.82, 2.24) is 14.7 Å². The first kappa shape index (κ1) is 19.2. The fraction of sp³-hybridized carbons (Fsp3) is 0.333. The van der Waals surface area contributed by atoms with Crippen LogP contribution in [0.15, 0.2) is 60.9 Å². The van der Waals surface area contributed by atoms with Crippen molar-refractivity contribution in [3.05, 3.63) is 77.6 Å². The van der Waals surface area contributed by atoms with E-state index in [-0.39, 0.29) is 5.91 Å². The fourth-order valence-corrected chi connectivity index (χ4v) is 3.90. The third-order valence-electron chi connectivity index (χ3n) is 5.83. The van der Waals surface area contributed by atoms with Gasteiger partial charge in [-0.3, -0.25) is 4.79 Å². The van der Waals surface area contributed by atoms with Crippen molar-refractivity contribution in [1.29, 1.82) is 0 Å². The standard InChI is InChI=1S/C24H28N4O/c1-19-7-6-10-23(20(19)2)26-13-15-27(16-14-26)24(29)12-11-21-17-25-28(18-21)22-8-4-3-5-9-22/h3-10,17-18H,11-16H2,1-2H3. The van der Waals surface area contributed by atoms with Gasteiger partial charge in [0.15, 0.2) is 0 Å². The Morgan fingerprint density at radius 3 is 2.48 bits per heavy atom. The fourth-order valence-electron chi connectivity index (χ4n) is 3.90. The van der Waals surface area contributed by atoms with E-state index < -0.39 is 0 Å². The van der Waals surface area contributed by atoms with Crippen molar-refractivity contribution in [2.24, 2.45) is 0 Å². The molecule has 1 aliphatic heterocycles. The smallest absolute Gasteiger partial charge is 0.223 e. The summed E-state index contributed by atoms with van der Waals surface area (Å²) in [4.78, 5) is 17.1. The maximum atomic E-state index is 12.7. The van der Waals surface area contributed by atoms with Crippen molar-refractivity contribution in [2.75, 3.05) is 31.1 Å². The number of carbonyl (C=O) groups excluding carboxylic acids is 1. The lowest BCUT2D eigenvalue weighted by Gasteiger charge is -2.37. The van der Waals surface area contributed by atoms with Gasteiger partial charge in [0.1, 0.15) is 0 Å². The molecule has 1 saturated heterocycles. The number of hydrogen-bond donors (Lipinski definition) is 0. The molecular formula is C24H28N4O. The molecule has 0 atom stereocenters. The van der Waals surface area contributed by atoms with Crippen molar-refractivity contribution < 1.29 is 4.79 Å². The van der Waals surface area contributed by atoms with Gasteiger partial charge < -0.3 is 9.80 Å². The number of amides is 1. The van der Waals surface area contributed by atoms with Crippen LogP contribution in [0.5, 0.6) is 0 Å². The molecule has 1 fully saturated rings. The van der Waals surface area contributed by atoms with Gasteiger partial charge in [-0.25, -0.2) is 4.68 Å². The second-order valence-corrected chi connectivity index (χ2v) is 7.72. The van der Waals surface area contributed by atoms with E-state index >= 15 is 0 Å². The largest absolute Gasteiger partial charge is 0.368 e. The third kappa shape index (κ3) is 4.34. The highest BCUT2D eigenvalue weighted by Crippen LogP contribution is 2.24. The van der Waals surface area contributed by atoms with Crippen molar-refractivity contribution in [3.63, 3.8) is 0 Å². The monoisotopic (exact) mass is 388 g/mol. The zero-order valence-electron chi connectivity index (χ0n) is 17.2. The van der Waals surface area contributed by atoms with Crippen LogP contribution in [0.4, 0.5) is 5.69 Å². The molecule has 5 heteroatoms. The van der Waals surface area contributed by atoms with Gasteiger partial charge in [-0.05, 0) is 55.2 Å². The predicted molar refractivity (Wildman–Crippen MR) is 117 cm³/mol. The number of hydrogen-bond acceptors (Lipinski definition) is 3. The number of aromatic nitrogens is 2. The minimum Gasteiger partial charge on any atom is -0.368 e. The first-order chi connectivity index (χ1) is 14.1. The summed E-state index contributed by atoms with van der Waals surface area (Å²) in [6.07, 6.45) is 5.13. The number of nitrogens with zero attached hydrogens (tertiary/aromatic N) is 4. The molecule has 0 spiro atoms. The average molecular weight is 389 g/mol. The lowest BCUT2D eigenvalue weighted by Crippen LogP contribution is -2.49. The summed E-state index contributed by atoms with van der Waals surface area (Å²) in [5.41, 5.74) is 6.08. The molecular weight excluding hydrogens is 360 g/mol. The van der Waals surface area contributed by atoms with Crippen molar-refractivity contribution in [2.45, 2.75) is 26.7 Å². The number of rotatable bonds is 5. The lowest BCUT2D eigenvalue weighted by molar-refractivity contribution is -0.131. The van der Waals surface area contributed by atoms with Gasteiger partial charge in [0, 0.05) is 44.5 Å². The summed E-state index contributed by atoms with van der Waals surface area (Å²) in [5.74, 6) is 0.234. The number of piperazine rings is 1. The molecule has 4 rings (SSSR count). The van der Waals surface area contributed by atoms with E-state index in [9.17, 15) is 4.79 Å². The van der Waals surface area contributed by atoms with E-state index in [1.807, 2.05) is 52.3 Å². The lowest BCUT2D eigenvalue weighted by atomic mass is 10.1. The summed E-state index contributed by atoms with van der Waals surface area (Å²) in [7, 11) is 0. The zero-order chi connectivity index (χ0) is 20.2. The summed E-state index contributed by atoms with van der Waals surface area (Å²) in [6.45, 7) is 7.69. The highest BCUT2D eigenvalue weighted by Gasteiger charge is 2.22. The van der Waals surface area contributed by atoms with Gasteiger partial charge >= 0.3 is 0 Å². The molecule has 0 bridgehead atoms. The van der Waals surface area contributed by atoms with Crippen LogP contribution < -0.4 is 4.90 Å². The molecule has 0 N–H and O–H groups in total. The van der Waals surface area contributed by atoms with Gasteiger partial charge in [-0.2, -0.15) is 5.10 Å². The summed E-state index contributed by atoms with van der Waals surface area (Å²) in [5, 5.41) is 4.42. The molecule has 0 unspecified atom stereocenters. The molecule has 29 heavy (non-hydrogen) atoms. The molecule has 3 aromatic rings. The summed E-state index contributed by atoms with van der Waals surface area (Å²) in [6, 6.07) is 16.5. The molecule has 1 amide bonds. The average Bonchev–Trinajstić information content (AvgIpc) is 3.24. The normalized spacial score (nSPS) is 14.3. The predicted octanol–water partition coefficient (Wildman–Crippen LogP) is 3.77. The molecule has 1 aliphatic rings. The Bertz CT molecular complexity index is 972. The van der Waals surface area contributed by atoms with Crippen LogP contribution in [-0.2, 0) is 11.2 Å². The van der Waals surface area contributed by atoms with Gasteiger partial charge in [0.25, 0.3) is 0 Å². The van der Waals surface area contributed by atoms with Gasteiger partial charge in [0.05, 0.1) is 11.9 Å². The maximum absolute atomic E-state index is 12.7. The second-order valence-electron chi connectivity index (χ2n) is 7.72. The van der Waals surface area contributed by atoms with Crippen molar-refractivity contribution in [3.8, 4) is 5.69 Å². The van der Waals surface area contributed by atoms with E-state index in [4.69, 9.17) is 0 Å². The molecule has 0 aliphatic carbocycles. The number of para-hydroxylation sites is 1. The number of carbonyl (C=O) groups is 1. The van der Waals surface area contributed by atoms with Crippen LogP contribution in [0.25, 0.3) is 5.69 Å². The first-order valence-electron chi connectivity index (χ1n) is 10.3. The third-order valence-corrected chi connectivity index (χ3v) is 5.83. The Balaban J connectivity index is 1.29. The molecule has 2 aromatic carbocycles. The Labute approximate surface area is 172 Å². The molecule has 150 valence electrons. The quantitative estimate of drug-likeness (QED) is 0.668. The molecule has 2 heterocycles. The minimum atomic E-state index is 0.234. The summed E-state index contributed by atoms with van der Waals surface area (Å²) >= 11 is 0. The minimum absolute atomic E-state index is 0.234. The molecule has 0 saturated carbocycles. The van der Waals surface area contributed by atoms with Crippen LogP contribution in [0.2, 0.25) is 0 Å². The number of anilines is 1. The highest BCUT2D eigenvalue weighted by atomic mass is 16.2. The Morgan fingerprint density at radius 2 is 1.72 bits per heavy atom. The van der Waals surface area contributed by atoms with Gasteiger partial charge in [-0.15, -0.1) is 0 Å². The number of benzene rings is 2. The van der Waals surface area contributed by atoms with Gasteiger partial charge in [-0.1, -0.05) is 30.3 Å². The van der Waals surface area contributed by atoms with E-state index in [2.05, 4.69) is 42.0 Å². The maximum Gasteiger partial charge on any atom is 0.223 e. The van der Waals surface area contributed by atoms with Crippen LogP contribution >= 0.6 is 0 Å². The number of aryl methyl sites for hydroxylation is 2. The van der Waals surface area contributed by atoms with Crippen LogP contribution in [-0.4, -0.2) is 46.8 Å². The van der Waals surface area contributed by atoms with E-state index in [0.717, 1.165) is 43.9 Å². The SMILES string of the molecule is Cc1cccc(N2CCN(C(=O)CCc3cnn(-c4ccccc4)c3)CC2)c1C. The Hall–Kier alpha value is -3.08. The van der Waals surface area contributed by atoms with E-state index in [1.165, 1.54) is 16.8 Å². The summed E-state index contributed by atoms with van der Waals surface area (Å²) < 4.78 is 1.86. The zero-order valence-corrected chi connectivity index (χ0v) is 17.2. The molecule has 1 aromatic heterocycles. The van der Waals surface area contributed by atoms with Crippen LogP contribution in [0, 0.1) is 13.8 Å². The van der Waals surface area contributed by atoms with Gasteiger partial charge in [0.2, 0.25) is 5.91 Å². The van der Waals surface area contributed by atoms with E-state index in [0.29, 0.717) is 6.42 Å². The topological polar surface area (TPSA) is 41.4 Å².